The molecule has 2 unspecified atom stereocenters. The first-order valence-corrected chi connectivity index (χ1v) is 6.57. The maximum absolute atomic E-state index is 9.22. The standard InChI is InChI=1S/C9H14O2S2/c1-7(10)8(2)13-12-6-9-4-3-5-11-9/h3-5,7-8,10H,6H2,1-2H3. The van der Waals surface area contributed by atoms with E-state index in [-0.39, 0.29) is 11.4 Å². The average Bonchev–Trinajstić information content (AvgIpc) is 2.56. The minimum atomic E-state index is -0.255. The lowest BCUT2D eigenvalue weighted by Crippen LogP contribution is -2.13. The Kier molecular flexibility index (Phi) is 4.77. The fourth-order valence-electron chi connectivity index (χ4n) is 0.675. The predicted molar refractivity (Wildman–Crippen MR) is 58.7 cm³/mol. The Morgan fingerprint density at radius 1 is 1.54 bits per heavy atom. The Hall–Kier alpha value is -0.0600. The molecule has 2 nitrogen and oxygen atoms in total. The Bertz CT molecular complexity index is 222. The third-order valence-electron chi connectivity index (χ3n) is 1.68. The van der Waals surface area contributed by atoms with Gasteiger partial charge in [0.15, 0.2) is 0 Å². The van der Waals surface area contributed by atoms with Gasteiger partial charge in [-0.05, 0) is 26.0 Å². The zero-order valence-corrected chi connectivity index (χ0v) is 9.40. The lowest BCUT2D eigenvalue weighted by Gasteiger charge is -2.12. The van der Waals surface area contributed by atoms with Crippen molar-refractivity contribution in [1.82, 2.24) is 0 Å². The summed E-state index contributed by atoms with van der Waals surface area (Å²) in [4.78, 5) is 0. The van der Waals surface area contributed by atoms with E-state index in [4.69, 9.17) is 4.42 Å². The normalized spacial score (nSPS) is 15.6. The summed E-state index contributed by atoms with van der Waals surface area (Å²) in [5.74, 6) is 1.84. The average molecular weight is 218 g/mol. The van der Waals surface area contributed by atoms with Crippen LogP contribution in [0.1, 0.15) is 19.6 Å². The minimum absolute atomic E-state index is 0.255. The number of furan rings is 1. The molecule has 0 amide bonds. The molecule has 0 aromatic carbocycles. The van der Waals surface area contributed by atoms with Crippen molar-refractivity contribution in [2.24, 2.45) is 0 Å². The molecular weight excluding hydrogens is 204 g/mol. The van der Waals surface area contributed by atoms with E-state index in [0.717, 1.165) is 11.5 Å². The zero-order valence-electron chi connectivity index (χ0n) is 7.77. The molecule has 13 heavy (non-hydrogen) atoms. The van der Waals surface area contributed by atoms with Crippen LogP contribution in [0.15, 0.2) is 22.8 Å². The summed E-state index contributed by atoms with van der Waals surface area (Å²) in [6, 6.07) is 3.85. The second-order valence-corrected chi connectivity index (χ2v) is 5.63. The van der Waals surface area contributed by atoms with Crippen LogP contribution in [-0.4, -0.2) is 16.5 Å². The topological polar surface area (TPSA) is 33.4 Å². The third-order valence-corrected chi connectivity index (χ3v) is 4.59. The van der Waals surface area contributed by atoms with E-state index in [1.807, 2.05) is 26.0 Å². The number of aliphatic hydroxyl groups excluding tert-OH is 1. The van der Waals surface area contributed by atoms with Crippen molar-refractivity contribution >= 4 is 21.6 Å². The maximum Gasteiger partial charge on any atom is 0.114 e. The van der Waals surface area contributed by atoms with Crippen molar-refractivity contribution in [3.05, 3.63) is 24.2 Å². The molecule has 74 valence electrons. The molecule has 2 atom stereocenters. The highest BCUT2D eigenvalue weighted by Gasteiger charge is 2.09. The van der Waals surface area contributed by atoms with Gasteiger partial charge in [-0.15, -0.1) is 0 Å². The van der Waals surface area contributed by atoms with Crippen LogP contribution in [0.4, 0.5) is 0 Å². The van der Waals surface area contributed by atoms with E-state index in [0.29, 0.717) is 0 Å². The Labute approximate surface area is 86.5 Å². The molecule has 0 saturated heterocycles. The molecule has 0 fully saturated rings. The number of aliphatic hydroxyl groups is 1. The highest BCUT2D eigenvalue weighted by atomic mass is 33.1. The first-order chi connectivity index (χ1) is 6.20. The molecule has 1 aromatic heterocycles. The van der Waals surface area contributed by atoms with Crippen LogP contribution in [0.25, 0.3) is 0 Å². The maximum atomic E-state index is 9.22. The molecule has 1 aromatic rings. The fourth-order valence-corrected chi connectivity index (χ4v) is 3.08. The molecule has 0 aliphatic carbocycles. The summed E-state index contributed by atoms with van der Waals surface area (Å²) in [5, 5.41) is 9.48. The lowest BCUT2D eigenvalue weighted by molar-refractivity contribution is 0.197. The predicted octanol–water partition coefficient (Wildman–Crippen LogP) is 2.93. The molecule has 1 rings (SSSR count). The smallest absolute Gasteiger partial charge is 0.114 e. The minimum Gasteiger partial charge on any atom is -0.468 e. The first kappa shape index (κ1) is 11.0. The Balaban J connectivity index is 2.14. The first-order valence-electron chi connectivity index (χ1n) is 4.19. The second kappa shape index (κ2) is 5.62. The number of hydrogen-bond acceptors (Lipinski definition) is 4. The fraction of sp³-hybridized carbons (Fsp3) is 0.556. The molecule has 0 spiro atoms. The van der Waals surface area contributed by atoms with Crippen LogP contribution in [0.5, 0.6) is 0 Å². The highest BCUT2D eigenvalue weighted by Crippen LogP contribution is 2.31. The van der Waals surface area contributed by atoms with Gasteiger partial charge >= 0.3 is 0 Å². The van der Waals surface area contributed by atoms with Crippen LogP contribution >= 0.6 is 21.6 Å². The summed E-state index contributed by atoms with van der Waals surface area (Å²) in [7, 11) is 3.40. The van der Waals surface area contributed by atoms with E-state index in [2.05, 4.69) is 0 Å². The van der Waals surface area contributed by atoms with E-state index in [9.17, 15) is 5.11 Å². The Morgan fingerprint density at radius 2 is 2.31 bits per heavy atom. The van der Waals surface area contributed by atoms with Crippen LogP contribution in [0, 0.1) is 0 Å². The van der Waals surface area contributed by atoms with Crippen LogP contribution in [-0.2, 0) is 5.75 Å². The Morgan fingerprint density at radius 3 is 2.85 bits per heavy atom. The molecule has 4 heteroatoms. The zero-order chi connectivity index (χ0) is 9.68. The van der Waals surface area contributed by atoms with Gasteiger partial charge in [-0.3, -0.25) is 0 Å². The van der Waals surface area contributed by atoms with Crippen molar-refractivity contribution < 1.29 is 9.52 Å². The SMILES string of the molecule is CC(O)C(C)SSCc1ccco1. The quantitative estimate of drug-likeness (QED) is 0.770. The van der Waals surface area contributed by atoms with Crippen molar-refractivity contribution in [1.29, 1.82) is 0 Å². The van der Waals surface area contributed by atoms with Crippen molar-refractivity contribution in [3.63, 3.8) is 0 Å². The van der Waals surface area contributed by atoms with Gasteiger partial charge in [0.05, 0.1) is 18.1 Å². The highest BCUT2D eigenvalue weighted by molar-refractivity contribution is 8.76. The summed E-state index contributed by atoms with van der Waals surface area (Å²) in [5.41, 5.74) is 0. The summed E-state index contributed by atoms with van der Waals surface area (Å²) in [6.45, 7) is 3.83. The van der Waals surface area contributed by atoms with Gasteiger partial charge in [0.25, 0.3) is 0 Å². The molecule has 0 saturated carbocycles. The number of rotatable bonds is 5. The van der Waals surface area contributed by atoms with Crippen molar-refractivity contribution in [2.75, 3.05) is 0 Å². The van der Waals surface area contributed by atoms with Crippen LogP contribution in [0.2, 0.25) is 0 Å². The lowest BCUT2D eigenvalue weighted by atomic mass is 10.3. The monoisotopic (exact) mass is 218 g/mol. The van der Waals surface area contributed by atoms with Crippen LogP contribution in [0.3, 0.4) is 0 Å². The molecule has 1 N–H and O–H groups in total. The summed E-state index contributed by atoms with van der Waals surface area (Å²) < 4.78 is 5.18. The van der Waals surface area contributed by atoms with E-state index in [1.165, 1.54) is 0 Å². The molecule has 0 aliphatic heterocycles. The molecule has 0 radical (unpaired) electrons. The molecule has 0 bridgehead atoms. The van der Waals surface area contributed by atoms with Gasteiger partial charge < -0.3 is 9.52 Å². The van der Waals surface area contributed by atoms with E-state index in [1.54, 1.807) is 27.9 Å². The van der Waals surface area contributed by atoms with Crippen molar-refractivity contribution in [2.45, 2.75) is 31.0 Å². The van der Waals surface area contributed by atoms with E-state index >= 15 is 0 Å². The summed E-state index contributed by atoms with van der Waals surface area (Å²) >= 11 is 0. The van der Waals surface area contributed by atoms with Crippen molar-refractivity contribution in [3.8, 4) is 0 Å². The largest absolute Gasteiger partial charge is 0.468 e. The van der Waals surface area contributed by atoms with Gasteiger partial charge in [-0.2, -0.15) is 0 Å². The molecular formula is C9H14O2S2. The van der Waals surface area contributed by atoms with Gasteiger partial charge in [0.1, 0.15) is 5.76 Å². The third kappa shape index (κ3) is 4.11. The van der Waals surface area contributed by atoms with E-state index < -0.39 is 0 Å². The second-order valence-electron chi connectivity index (χ2n) is 2.88. The van der Waals surface area contributed by atoms with Crippen LogP contribution < -0.4 is 0 Å². The molecule has 1 heterocycles. The van der Waals surface area contributed by atoms with Gasteiger partial charge in [-0.25, -0.2) is 0 Å². The number of hydrogen-bond donors (Lipinski definition) is 1. The van der Waals surface area contributed by atoms with Gasteiger partial charge in [0, 0.05) is 5.25 Å². The molecule has 0 aliphatic rings. The van der Waals surface area contributed by atoms with Gasteiger partial charge in [-0.1, -0.05) is 21.6 Å². The van der Waals surface area contributed by atoms with Gasteiger partial charge in [0.2, 0.25) is 0 Å². The summed E-state index contributed by atoms with van der Waals surface area (Å²) in [6.07, 6.45) is 1.42.